The summed E-state index contributed by atoms with van der Waals surface area (Å²) in [6.07, 6.45) is 2.12. The van der Waals surface area contributed by atoms with Crippen molar-refractivity contribution >= 4 is 6.01 Å². The fraction of sp³-hybridized carbons (Fsp3) is 0.700. The molecule has 0 saturated heterocycles. The molecule has 0 aliphatic heterocycles. The Morgan fingerprint density at radius 2 is 2.20 bits per heavy atom. The molecule has 2 N–H and O–H groups in total. The summed E-state index contributed by atoms with van der Waals surface area (Å²) in [5, 5.41) is 17.6. The van der Waals surface area contributed by atoms with Gasteiger partial charge in [-0.1, -0.05) is 0 Å². The van der Waals surface area contributed by atoms with Gasteiger partial charge in [0.05, 0.1) is 6.61 Å². The lowest BCUT2D eigenvalue weighted by atomic mass is 10.3. The molecule has 0 aliphatic rings. The Morgan fingerprint density at radius 1 is 1.47 bits per heavy atom. The van der Waals surface area contributed by atoms with Crippen LogP contribution in [0.1, 0.15) is 26.0 Å². The van der Waals surface area contributed by atoms with Crippen LogP contribution in [0.4, 0.5) is 6.01 Å². The molecule has 1 aromatic heterocycles. The van der Waals surface area contributed by atoms with Crippen molar-refractivity contribution in [1.82, 2.24) is 4.98 Å². The van der Waals surface area contributed by atoms with Gasteiger partial charge in [0, 0.05) is 19.2 Å². The first kappa shape index (κ1) is 12.0. The van der Waals surface area contributed by atoms with Crippen LogP contribution in [-0.2, 0) is 6.61 Å². The Balaban J connectivity index is 2.70. The Labute approximate surface area is 89.3 Å². The molecule has 5 heteroatoms. The number of rotatable bonds is 6. The first-order valence-electron chi connectivity index (χ1n) is 5.11. The maximum atomic E-state index is 8.87. The Kier molecular flexibility index (Phi) is 4.58. The predicted molar refractivity (Wildman–Crippen MR) is 56.6 cm³/mol. The summed E-state index contributed by atoms with van der Waals surface area (Å²) < 4.78 is 5.25. The molecule has 0 aromatic carbocycles. The van der Waals surface area contributed by atoms with Gasteiger partial charge in [0.25, 0.3) is 6.01 Å². The van der Waals surface area contributed by atoms with E-state index in [1.807, 2.05) is 18.7 Å². The van der Waals surface area contributed by atoms with Gasteiger partial charge in [-0.15, -0.1) is 0 Å². The van der Waals surface area contributed by atoms with Gasteiger partial charge in [0.15, 0.2) is 0 Å². The molecule has 5 nitrogen and oxygen atoms in total. The van der Waals surface area contributed by atoms with Crippen LogP contribution in [0.2, 0.25) is 0 Å². The number of anilines is 1. The minimum atomic E-state index is -0.116. The zero-order valence-corrected chi connectivity index (χ0v) is 9.18. The zero-order valence-electron chi connectivity index (χ0n) is 9.18. The normalized spacial score (nSPS) is 11.0. The Hall–Kier alpha value is -1.07. The van der Waals surface area contributed by atoms with E-state index < -0.39 is 0 Å². The molecule has 0 unspecified atom stereocenters. The second-order valence-corrected chi connectivity index (χ2v) is 3.64. The van der Waals surface area contributed by atoms with E-state index in [-0.39, 0.29) is 19.3 Å². The maximum Gasteiger partial charge on any atom is 0.297 e. The van der Waals surface area contributed by atoms with Crippen LogP contribution < -0.4 is 4.90 Å². The molecule has 0 fully saturated rings. The van der Waals surface area contributed by atoms with Gasteiger partial charge < -0.3 is 19.5 Å². The first-order valence-corrected chi connectivity index (χ1v) is 5.11. The highest BCUT2D eigenvalue weighted by atomic mass is 16.4. The predicted octanol–water partition coefficient (Wildman–Crippen LogP) is 0.764. The van der Waals surface area contributed by atoms with E-state index in [1.165, 1.54) is 6.26 Å². The second-order valence-electron chi connectivity index (χ2n) is 3.64. The molecule has 0 atom stereocenters. The Morgan fingerprint density at radius 3 is 2.67 bits per heavy atom. The van der Waals surface area contributed by atoms with E-state index >= 15 is 0 Å². The van der Waals surface area contributed by atoms with Gasteiger partial charge in [-0.2, -0.15) is 4.98 Å². The average molecular weight is 214 g/mol. The van der Waals surface area contributed by atoms with E-state index in [0.717, 1.165) is 0 Å². The van der Waals surface area contributed by atoms with Crippen molar-refractivity contribution < 1.29 is 14.6 Å². The second kappa shape index (κ2) is 5.72. The minimum Gasteiger partial charge on any atom is -0.432 e. The SMILES string of the molecule is CC(C)N(CCCO)c1nc(CO)co1. The fourth-order valence-electron chi connectivity index (χ4n) is 1.32. The van der Waals surface area contributed by atoms with E-state index in [1.54, 1.807) is 0 Å². The summed E-state index contributed by atoms with van der Waals surface area (Å²) in [6.45, 7) is 4.78. The smallest absolute Gasteiger partial charge is 0.297 e. The molecule has 1 heterocycles. The molecule has 0 radical (unpaired) electrons. The molecule has 0 saturated carbocycles. The topological polar surface area (TPSA) is 69.7 Å². The third-order valence-electron chi connectivity index (χ3n) is 2.13. The highest BCUT2D eigenvalue weighted by Gasteiger charge is 2.15. The van der Waals surface area contributed by atoms with Gasteiger partial charge in [-0.25, -0.2) is 0 Å². The summed E-state index contributed by atoms with van der Waals surface area (Å²) in [4.78, 5) is 6.08. The van der Waals surface area contributed by atoms with Crippen LogP contribution >= 0.6 is 0 Å². The monoisotopic (exact) mass is 214 g/mol. The van der Waals surface area contributed by atoms with Gasteiger partial charge >= 0.3 is 0 Å². The van der Waals surface area contributed by atoms with Crippen molar-refractivity contribution in [2.75, 3.05) is 18.1 Å². The Bertz CT molecular complexity index is 286. The summed E-state index contributed by atoms with van der Waals surface area (Å²) in [6, 6.07) is 0.754. The number of hydrogen-bond acceptors (Lipinski definition) is 5. The summed E-state index contributed by atoms with van der Waals surface area (Å²) in [5.41, 5.74) is 0.527. The van der Waals surface area contributed by atoms with Gasteiger partial charge in [0.1, 0.15) is 12.0 Å². The summed E-state index contributed by atoms with van der Waals surface area (Å²) >= 11 is 0. The van der Waals surface area contributed by atoms with Gasteiger partial charge in [-0.3, -0.25) is 0 Å². The fourth-order valence-corrected chi connectivity index (χ4v) is 1.32. The highest BCUT2D eigenvalue weighted by Crippen LogP contribution is 2.16. The van der Waals surface area contributed by atoms with Gasteiger partial charge in [-0.05, 0) is 20.3 Å². The number of aliphatic hydroxyl groups excluding tert-OH is 2. The molecular formula is C10H18N2O3. The lowest BCUT2D eigenvalue weighted by Crippen LogP contribution is -2.32. The summed E-state index contributed by atoms with van der Waals surface area (Å²) in [7, 11) is 0. The maximum absolute atomic E-state index is 8.87. The molecule has 0 spiro atoms. The number of aliphatic hydroxyl groups is 2. The number of nitrogens with zero attached hydrogens (tertiary/aromatic N) is 2. The van der Waals surface area contributed by atoms with Gasteiger partial charge in [0.2, 0.25) is 0 Å². The van der Waals surface area contributed by atoms with Crippen molar-refractivity contribution in [3.05, 3.63) is 12.0 Å². The number of hydrogen-bond donors (Lipinski definition) is 2. The van der Waals surface area contributed by atoms with Crippen molar-refractivity contribution in [2.24, 2.45) is 0 Å². The minimum absolute atomic E-state index is 0.116. The lowest BCUT2D eigenvalue weighted by molar-refractivity contribution is 0.276. The van der Waals surface area contributed by atoms with Crippen molar-refractivity contribution in [3.63, 3.8) is 0 Å². The summed E-state index contributed by atoms with van der Waals surface area (Å²) in [5.74, 6) is 0. The molecule has 0 aliphatic carbocycles. The van der Waals surface area contributed by atoms with Crippen LogP contribution in [0.25, 0.3) is 0 Å². The molecule has 1 aromatic rings. The third-order valence-corrected chi connectivity index (χ3v) is 2.13. The third kappa shape index (κ3) is 3.21. The standard InChI is InChI=1S/C10H18N2O3/c1-8(2)12(4-3-5-13)10-11-9(6-14)7-15-10/h7-8,13-14H,3-6H2,1-2H3. The lowest BCUT2D eigenvalue weighted by Gasteiger charge is -2.24. The zero-order chi connectivity index (χ0) is 11.3. The van der Waals surface area contributed by atoms with Crippen LogP contribution in [0.5, 0.6) is 0 Å². The average Bonchev–Trinajstić information content (AvgIpc) is 2.66. The van der Waals surface area contributed by atoms with Crippen LogP contribution in [-0.4, -0.2) is 34.4 Å². The first-order chi connectivity index (χ1) is 7.19. The van der Waals surface area contributed by atoms with Crippen molar-refractivity contribution in [2.45, 2.75) is 32.9 Å². The molecule has 86 valence electrons. The molecule has 0 amide bonds. The van der Waals surface area contributed by atoms with E-state index in [0.29, 0.717) is 24.7 Å². The van der Waals surface area contributed by atoms with Crippen LogP contribution in [0.3, 0.4) is 0 Å². The number of oxazole rings is 1. The van der Waals surface area contributed by atoms with E-state index in [2.05, 4.69) is 4.98 Å². The van der Waals surface area contributed by atoms with Crippen LogP contribution in [0, 0.1) is 0 Å². The van der Waals surface area contributed by atoms with Crippen LogP contribution in [0.15, 0.2) is 10.7 Å². The van der Waals surface area contributed by atoms with E-state index in [9.17, 15) is 0 Å². The van der Waals surface area contributed by atoms with E-state index in [4.69, 9.17) is 14.6 Å². The number of aromatic nitrogens is 1. The highest BCUT2D eigenvalue weighted by molar-refractivity contribution is 5.28. The molecule has 1 rings (SSSR count). The van der Waals surface area contributed by atoms with Crippen molar-refractivity contribution in [3.8, 4) is 0 Å². The quantitative estimate of drug-likeness (QED) is 0.731. The molecule has 15 heavy (non-hydrogen) atoms. The molecular weight excluding hydrogens is 196 g/mol. The molecule has 0 bridgehead atoms. The van der Waals surface area contributed by atoms with Crippen molar-refractivity contribution in [1.29, 1.82) is 0 Å². The largest absolute Gasteiger partial charge is 0.432 e.